The number of anilines is 1. The highest BCUT2D eigenvalue weighted by Crippen LogP contribution is 2.32. The minimum atomic E-state index is -1.07. The molecule has 0 spiro atoms. The van der Waals surface area contributed by atoms with Gasteiger partial charge in [0.1, 0.15) is 6.04 Å². The summed E-state index contributed by atoms with van der Waals surface area (Å²) in [4.78, 5) is 34.8. The Morgan fingerprint density at radius 3 is 2.80 bits per heavy atom. The number of amides is 2. The first-order chi connectivity index (χ1) is 9.52. The minimum absolute atomic E-state index is 0.0267. The van der Waals surface area contributed by atoms with Gasteiger partial charge in [-0.1, -0.05) is 25.1 Å². The molecule has 1 aromatic rings. The molecule has 20 heavy (non-hydrogen) atoms. The molecule has 0 aromatic heterocycles. The molecular formula is C14H16N2O4. The van der Waals surface area contributed by atoms with Gasteiger partial charge in [-0.3, -0.25) is 9.59 Å². The van der Waals surface area contributed by atoms with Gasteiger partial charge in [-0.2, -0.15) is 0 Å². The highest BCUT2D eigenvalue weighted by atomic mass is 16.4. The highest BCUT2D eigenvalue weighted by molar-refractivity contribution is 6.01. The van der Waals surface area contributed by atoms with Crippen molar-refractivity contribution >= 4 is 23.5 Å². The fourth-order valence-corrected chi connectivity index (χ4v) is 2.26. The number of carbonyl (C=O) groups excluding carboxylic acids is 2. The van der Waals surface area contributed by atoms with E-state index in [1.807, 2.05) is 0 Å². The third kappa shape index (κ3) is 2.79. The number of hydrogen-bond donors (Lipinski definition) is 3. The second-order valence-corrected chi connectivity index (χ2v) is 4.70. The van der Waals surface area contributed by atoms with E-state index >= 15 is 0 Å². The maximum atomic E-state index is 12.2. The van der Waals surface area contributed by atoms with Crippen LogP contribution in [0, 0.1) is 0 Å². The van der Waals surface area contributed by atoms with E-state index in [2.05, 4.69) is 10.6 Å². The summed E-state index contributed by atoms with van der Waals surface area (Å²) in [6.45, 7) is 1.68. The molecular weight excluding hydrogens is 260 g/mol. The van der Waals surface area contributed by atoms with Gasteiger partial charge in [0.25, 0.3) is 0 Å². The minimum Gasteiger partial charge on any atom is -0.480 e. The van der Waals surface area contributed by atoms with Crippen LogP contribution in [0.25, 0.3) is 0 Å². The van der Waals surface area contributed by atoms with Crippen LogP contribution < -0.4 is 10.6 Å². The molecule has 2 amide bonds. The van der Waals surface area contributed by atoms with Crippen LogP contribution in [0.1, 0.15) is 31.2 Å². The molecule has 2 rings (SSSR count). The van der Waals surface area contributed by atoms with Crippen LogP contribution in [-0.4, -0.2) is 28.9 Å². The average molecular weight is 276 g/mol. The first kappa shape index (κ1) is 14.0. The topological polar surface area (TPSA) is 95.5 Å². The highest BCUT2D eigenvalue weighted by Gasteiger charge is 2.32. The number of carbonyl (C=O) groups is 3. The number of carboxylic acids is 1. The van der Waals surface area contributed by atoms with Crippen molar-refractivity contribution in [3.05, 3.63) is 29.8 Å². The number of benzene rings is 1. The average Bonchev–Trinajstić information content (AvgIpc) is 2.43. The van der Waals surface area contributed by atoms with Crippen molar-refractivity contribution in [3.63, 3.8) is 0 Å². The van der Waals surface area contributed by atoms with E-state index in [0.29, 0.717) is 17.7 Å². The van der Waals surface area contributed by atoms with E-state index in [4.69, 9.17) is 5.11 Å². The van der Waals surface area contributed by atoms with Gasteiger partial charge in [-0.05, 0) is 18.1 Å². The number of nitrogens with one attached hydrogen (secondary N) is 2. The summed E-state index contributed by atoms with van der Waals surface area (Å²) in [5.74, 6) is -2.39. The quantitative estimate of drug-likeness (QED) is 0.767. The number of rotatable bonds is 4. The number of carboxylic acid groups (broad SMARTS) is 1. The predicted octanol–water partition coefficient (Wildman–Crippen LogP) is 1.09. The number of hydrogen-bond acceptors (Lipinski definition) is 3. The van der Waals surface area contributed by atoms with Gasteiger partial charge in [0.2, 0.25) is 11.8 Å². The molecule has 1 aliphatic rings. The molecule has 1 aromatic carbocycles. The zero-order valence-electron chi connectivity index (χ0n) is 11.1. The smallest absolute Gasteiger partial charge is 0.326 e. The van der Waals surface area contributed by atoms with Crippen molar-refractivity contribution in [2.24, 2.45) is 0 Å². The Morgan fingerprint density at radius 1 is 1.45 bits per heavy atom. The molecule has 0 aliphatic carbocycles. The summed E-state index contributed by atoms with van der Waals surface area (Å²) >= 11 is 0. The second-order valence-electron chi connectivity index (χ2n) is 4.70. The van der Waals surface area contributed by atoms with E-state index in [1.165, 1.54) is 0 Å². The molecule has 1 aliphatic heterocycles. The summed E-state index contributed by atoms with van der Waals surface area (Å²) < 4.78 is 0. The van der Waals surface area contributed by atoms with Crippen LogP contribution in [0.3, 0.4) is 0 Å². The third-order valence-electron chi connectivity index (χ3n) is 3.34. The van der Waals surface area contributed by atoms with E-state index in [9.17, 15) is 14.4 Å². The van der Waals surface area contributed by atoms with Crippen LogP contribution in [-0.2, 0) is 14.4 Å². The van der Waals surface area contributed by atoms with Crippen molar-refractivity contribution in [1.29, 1.82) is 0 Å². The van der Waals surface area contributed by atoms with Crippen molar-refractivity contribution in [3.8, 4) is 0 Å². The zero-order valence-corrected chi connectivity index (χ0v) is 11.1. The number of aliphatic carboxylic acids is 1. The van der Waals surface area contributed by atoms with Gasteiger partial charge < -0.3 is 15.7 Å². The van der Waals surface area contributed by atoms with E-state index in [0.717, 1.165) is 0 Å². The van der Waals surface area contributed by atoms with Crippen LogP contribution in [0.15, 0.2) is 24.3 Å². The van der Waals surface area contributed by atoms with Crippen molar-refractivity contribution in [1.82, 2.24) is 5.32 Å². The van der Waals surface area contributed by atoms with Crippen LogP contribution in [0.5, 0.6) is 0 Å². The fourth-order valence-electron chi connectivity index (χ4n) is 2.26. The molecule has 0 fully saturated rings. The Morgan fingerprint density at radius 2 is 2.15 bits per heavy atom. The van der Waals surface area contributed by atoms with Gasteiger partial charge in [0, 0.05) is 12.1 Å². The fraction of sp³-hybridized carbons (Fsp3) is 0.357. The van der Waals surface area contributed by atoms with Gasteiger partial charge in [0.05, 0.1) is 5.92 Å². The molecule has 1 heterocycles. The van der Waals surface area contributed by atoms with Crippen molar-refractivity contribution < 1.29 is 19.5 Å². The standard InChI is InChI=1S/C14H16N2O4/c1-2-10(14(19)20)16-13(18)9-7-12(17)15-11-6-4-3-5-8(9)11/h3-6,9-10H,2,7H2,1H3,(H,15,17)(H,16,18)(H,19,20)/t9-,10+/m1/s1. The molecule has 6 nitrogen and oxygen atoms in total. The van der Waals surface area contributed by atoms with E-state index in [1.54, 1.807) is 31.2 Å². The molecule has 0 saturated carbocycles. The van der Waals surface area contributed by atoms with Gasteiger partial charge in [-0.25, -0.2) is 4.79 Å². The number of para-hydroxylation sites is 1. The lowest BCUT2D eigenvalue weighted by Crippen LogP contribution is -2.44. The van der Waals surface area contributed by atoms with Crippen LogP contribution in [0.2, 0.25) is 0 Å². The van der Waals surface area contributed by atoms with Crippen LogP contribution >= 0.6 is 0 Å². The first-order valence-electron chi connectivity index (χ1n) is 6.45. The Labute approximate surface area is 116 Å². The molecule has 3 N–H and O–H groups in total. The monoisotopic (exact) mass is 276 g/mol. The second kappa shape index (κ2) is 5.73. The number of fused-ring (bicyclic) bond motifs is 1. The van der Waals surface area contributed by atoms with Crippen molar-refractivity contribution in [2.75, 3.05) is 5.32 Å². The lowest BCUT2D eigenvalue weighted by atomic mass is 9.89. The lowest BCUT2D eigenvalue weighted by Gasteiger charge is -2.25. The molecule has 106 valence electrons. The van der Waals surface area contributed by atoms with Gasteiger partial charge >= 0.3 is 5.97 Å². The largest absolute Gasteiger partial charge is 0.480 e. The van der Waals surface area contributed by atoms with Crippen molar-refractivity contribution in [2.45, 2.75) is 31.7 Å². The summed E-state index contributed by atoms with van der Waals surface area (Å²) in [6, 6.07) is 6.11. The Kier molecular flexibility index (Phi) is 4.02. The Hall–Kier alpha value is -2.37. The summed E-state index contributed by atoms with van der Waals surface area (Å²) in [6.07, 6.45) is 0.320. The molecule has 0 saturated heterocycles. The van der Waals surface area contributed by atoms with Gasteiger partial charge in [-0.15, -0.1) is 0 Å². The normalized spacial score (nSPS) is 18.6. The third-order valence-corrected chi connectivity index (χ3v) is 3.34. The molecule has 0 radical (unpaired) electrons. The predicted molar refractivity (Wildman–Crippen MR) is 72.3 cm³/mol. The van der Waals surface area contributed by atoms with E-state index < -0.39 is 23.8 Å². The zero-order chi connectivity index (χ0) is 14.7. The van der Waals surface area contributed by atoms with Crippen LogP contribution in [0.4, 0.5) is 5.69 Å². The summed E-state index contributed by atoms with van der Waals surface area (Å²) in [7, 11) is 0. The Balaban J connectivity index is 2.22. The molecule has 0 bridgehead atoms. The first-order valence-corrected chi connectivity index (χ1v) is 6.45. The SMILES string of the molecule is CC[C@H](NC(=O)[C@@H]1CC(=O)Nc2ccccc21)C(=O)O. The summed E-state index contributed by atoms with van der Waals surface area (Å²) in [5, 5.41) is 14.2. The lowest BCUT2D eigenvalue weighted by molar-refractivity contribution is -0.142. The summed E-state index contributed by atoms with van der Waals surface area (Å²) in [5.41, 5.74) is 1.32. The Bertz CT molecular complexity index is 556. The molecule has 2 atom stereocenters. The maximum Gasteiger partial charge on any atom is 0.326 e. The molecule has 6 heteroatoms. The van der Waals surface area contributed by atoms with E-state index in [-0.39, 0.29) is 12.3 Å². The van der Waals surface area contributed by atoms with Gasteiger partial charge in [0.15, 0.2) is 0 Å². The molecule has 0 unspecified atom stereocenters. The maximum absolute atomic E-state index is 12.2.